The van der Waals surface area contributed by atoms with Crippen molar-refractivity contribution in [1.82, 2.24) is 19.9 Å². The first-order valence-electron chi connectivity index (χ1n) is 17.0. The number of hydrogen-bond acceptors (Lipinski definition) is 5. The Kier molecular flexibility index (Phi) is 6.96. The molecule has 0 fully saturated rings. The second-order valence-electron chi connectivity index (χ2n) is 12.7. The molecule has 4 aromatic heterocycles. The largest absolute Gasteiger partial charge is 0.255 e. The van der Waals surface area contributed by atoms with Gasteiger partial charge < -0.3 is 0 Å². The van der Waals surface area contributed by atoms with Gasteiger partial charge in [-0.05, 0) is 86.8 Å². The summed E-state index contributed by atoms with van der Waals surface area (Å²) in [6.45, 7) is 0. The lowest BCUT2D eigenvalue weighted by atomic mass is 9.90. The first-order chi connectivity index (χ1) is 25.3. The van der Waals surface area contributed by atoms with E-state index in [9.17, 15) is 0 Å². The fourth-order valence-electron chi connectivity index (χ4n) is 7.11. The molecule has 0 saturated heterocycles. The fourth-order valence-corrected chi connectivity index (χ4v) is 8.27. The number of pyridine rings is 2. The van der Waals surface area contributed by atoms with Crippen molar-refractivity contribution in [2.75, 3.05) is 0 Å². The highest BCUT2D eigenvalue weighted by atomic mass is 32.1. The van der Waals surface area contributed by atoms with Crippen LogP contribution in [0.2, 0.25) is 0 Å². The van der Waals surface area contributed by atoms with Crippen LogP contribution in [0.3, 0.4) is 0 Å². The number of rotatable bonds is 5. The van der Waals surface area contributed by atoms with Gasteiger partial charge in [-0.25, -0.2) is 9.97 Å². The Bertz CT molecular complexity index is 2900. The minimum absolute atomic E-state index is 0.691. The zero-order chi connectivity index (χ0) is 33.7. The molecule has 10 aromatic rings. The predicted octanol–water partition coefficient (Wildman–Crippen LogP) is 12.3. The molecule has 238 valence electrons. The van der Waals surface area contributed by atoms with Crippen LogP contribution in [0.5, 0.6) is 0 Å². The van der Waals surface area contributed by atoms with Gasteiger partial charge in [0.25, 0.3) is 0 Å². The van der Waals surface area contributed by atoms with Crippen LogP contribution in [-0.2, 0) is 0 Å². The summed E-state index contributed by atoms with van der Waals surface area (Å²) >= 11 is 1.75. The highest BCUT2D eigenvalue weighted by Gasteiger charge is 2.19. The summed E-state index contributed by atoms with van der Waals surface area (Å²) in [5, 5.41) is 6.02. The van der Waals surface area contributed by atoms with Crippen molar-refractivity contribution in [1.29, 1.82) is 0 Å². The molecule has 0 amide bonds. The zero-order valence-electron chi connectivity index (χ0n) is 27.4. The molecular formula is C46H28N4S. The summed E-state index contributed by atoms with van der Waals surface area (Å²) < 4.78 is 2.30. The Morgan fingerprint density at radius 3 is 1.96 bits per heavy atom. The number of aromatic nitrogens is 4. The average Bonchev–Trinajstić information content (AvgIpc) is 3.59. The summed E-state index contributed by atoms with van der Waals surface area (Å²) in [6, 6.07) is 55.4. The molecule has 5 heteroatoms. The van der Waals surface area contributed by atoms with Crippen LogP contribution in [0.1, 0.15) is 0 Å². The topological polar surface area (TPSA) is 51.6 Å². The molecule has 0 aliphatic rings. The van der Waals surface area contributed by atoms with Crippen molar-refractivity contribution >= 4 is 53.2 Å². The van der Waals surface area contributed by atoms with Gasteiger partial charge in [0.2, 0.25) is 0 Å². The van der Waals surface area contributed by atoms with Gasteiger partial charge in [0, 0.05) is 39.2 Å². The lowest BCUT2D eigenvalue weighted by Gasteiger charge is -2.15. The maximum absolute atomic E-state index is 5.35. The van der Waals surface area contributed by atoms with Crippen LogP contribution >= 0.6 is 11.3 Å². The van der Waals surface area contributed by atoms with Gasteiger partial charge >= 0.3 is 0 Å². The van der Waals surface area contributed by atoms with Gasteiger partial charge in [-0.15, -0.1) is 11.3 Å². The molecule has 51 heavy (non-hydrogen) atoms. The van der Waals surface area contributed by atoms with Crippen LogP contribution in [0.15, 0.2) is 170 Å². The molecule has 0 unspecified atom stereocenters. The smallest absolute Gasteiger partial charge is 0.160 e. The van der Waals surface area contributed by atoms with Gasteiger partial charge in [0.05, 0.1) is 27.3 Å². The highest BCUT2D eigenvalue weighted by Crippen LogP contribution is 2.42. The number of hydrogen-bond donors (Lipinski definition) is 0. The molecule has 4 nitrogen and oxygen atoms in total. The maximum Gasteiger partial charge on any atom is 0.160 e. The third-order valence-electron chi connectivity index (χ3n) is 9.56. The van der Waals surface area contributed by atoms with Crippen LogP contribution < -0.4 is 0 Å². The summed E-state index contributed by atoms with van der Waals surface area (Å²) in [7, 11) is 0. The van der Waals surface area contributed by atoms with Crippen LogP contribution in [-0.4, -0.2) is 19.9 Å². The second-order valence-corrected chi connectivity index (χ2v) is 13.7. The third kappa shape index (κ3) is 5.14. The van der Waals surface area contributed by atoms with E-state index in [1.54, 1.807) is 17.5 Å². The van der Waals surface area contributed by atoms with E-state index in [1.807, 2.05) is 36.5 Å². The van der Waals surface area contributed by atoms with Gasteiger partial charge in [0.15, 0.2) is 5.82 Å². The molecular weight excluding hydrogens is 641 g/mol. The molecule has 0 N–H and O–H groups in total. The van der Waals surface area contributed by atoms with E-state index in [0.29, 0.717) is 5.82 Å². The number of thiophene rings is 1. The van der Waals surface area contributed by atoms with E-state index in [0.717, 1.165) is 66.1 Å². The van der Waals surface area contributed by atoms with Gasteiger partial charge in [-0.3, -0.25) is 9.97 Å². The van der Waals surface area contributed by atoms with E-state index in [1.165, 1.54) is 26.2 Å². The molecule has 0 aliphatic carbocycles. The summed E-state index contributed by atoms with van der Waals surface area (Å²) in [5.41, 5.74) is 9.93. The summed E-state index contributed by atoms with van der Waals surface area (Å²) in [5.74, 6) is 0.691. The van der Waals surface area contributed by atoms with Crippen molar-refractivity contribution in [3.63, 3.8) is 0 Å². The van der Waals surface area contributed by atoms with Gasteiger partial charge in [-0.1, -0.05) is 109 Å². The first kappa shape index (κ1) is 29.4. The number of nitrogens with zero attached hydrogens (tertiary/aromatic N) is 4. The fraction of sp³-hybridized carbons (Fsp3) is 0. The minimum atomic E-state index is 0.691. The molecule has 0 aliphatic heterocycles. The second kappa shape index (κ2) is 12.1. The Morgan fingerprint density at radius 2 is 1.14 bits per heavy atom. The van der Waals surface area contributed by atoms with Crippen molar-refractivity contribution in [3.8, 4) is 56.3 Å². The molecule has 0 spiro atoms. The standard InChI is InChI=1S/C46H28N4S/c1-2-12-29(13-3-1)43-45-44(38-18-8-9-20-42(38)51-45)50-46(49-43)34-25-32(31-21-22-41(48-28-31)40-19-10-11-23-47-40)24-33(26-34)39-27-30-14-4-5-15-35(30)36-16-6-7-17-37(36)39/h1-28H. The van der Waals surface area contributed by atoms with Gasteiger partial charge in [-0.2, -0.15) is 0 Å². The van der Waals surface area contributed by atoms with E-state index < -0.39 is 0 Å². The molecule has 0 saturated carbocycles. The summed E-state index contributed by atoms with van der Waals surface area (Å²) in [4.78, 5) is 20.0. The monoisotopic (exact) mass is 668 g/mol. The Labute approximate surface area is 298 Å². The van der Waals surface area contributed by atoms with Crippen molar-refractivity contribution in [3.05, 3.63) is 170 Å². The lowest BCUT2D eigenvalue weighted by molar-refractivity contribution is 1.24. The quantitative estimate of drug-likeness (QED) is 0.171. The predicted molar refractivity (Wildman–Crippen MR) is 213 cm³/mol. The molecule has 6 aromatic carbocycles. The first-order valence-corrected chi connectivity index (χ1v) is 17.8. The van der Waals surface area contributed by atoms with E-state index in [4.69, 9.17) is 15.0 Å². The molecule has 10 rings (SSSR count). The Hall–Kier alpha value is -6.56. The van der Waals surface area contributed by atoms with Crippen LogP contribution in [0.25, 0.3) is 98.1 Å². The van der Waals surface area contributed by atoms with Crippen LogP contribution in [0, 0.1) is 0 Å². The van der Waals surface area contributed by atoms with Crippen LogP contribution in [0.4, 0.5) is 0 Å². The zero-order valence-corrected chi connectivity index (χ0v) is 28.2. The molecule has 0 bridgehead atoms. The van der Waals surface area contributed by atoms with Crippen molar-refractivity contribution < 1.29 is 0 Å². The van der Waals surface area contributed by atoms with Crippen molar-refractivity contribution in [2.24, 2.45) is 0 Å². The Morgan fingerprint density at radius 1 is 0.431 bits per heavy atom. The summed E-state index contributed by atoms with van der Waals surface area (Å²) in [6.07, 6.45) is 3.74. The normalized spacial score (nSPS) is 11.5. The number of benzene rings is 6. The highest BCUT2D eigenvalue weighted by molar-refractivity contribution is 7.26. The average molecular weight is 669 g/mol. The SMILES string of the molecule is c1ccc(-c2nc(-c3cc(-c4ccc(-c5ccccn5)nc4)cc(-c4cc5ccccc5c5ccccc45)c3)nc3c2sc2ccccc23)cc1. The van der Waals surface area contributed by atoms with E-state index in [2.05, 4.69) is 132 Å². The number of fused-ring (bicyclic) bond motifs is 6. The van der Waals surface area contributed by atoms with E-state index >= 15 is 0 Å². The van der Waals surface area contributed by atoms with Crippen molar-refractivity contribution in [2.45, 2.75) is 0 Å². The van der Waals surface area contributed by atoms with Gasteiger partial charge in [0.1, 0.15) is 0 Å². The molecule has 0 radical (unpaired) electrons. The maximum atomic E-state index is 5.35. The Balaban J connectivity index is 1.24. The third-order valence-corrected chi connectivity index (χ3v) is 10.7. The molecule has 0 atom stereocenters. The minimum Gasteiger partial charge on any atom is -0.255 e. The lowest BCUT2D eigenvalue weighted by Crippen LogP contribution is -1.95. The molecule has 4 heterocycles. The van der Waals surface area contributed by atoms with E-state index in [-0.39, 0.29) is 0 Å².